The lowest BCUT2D eigenvalue weighted by atomic mass is 9.62. The molecule has 178 valence electrons. The van der Waals surface area contributed by atoms with Crippen LogP contribution in [0.3, 0.4) is 0 Å². The van der Waals surface area contributed by atoms with E-state index in [0.717, 1.165) is 18.7 Å². The summed E-state index contributed by atoms with van der Waals surface area (Å²) in [6.45, 7) is 9.59. The predicted octanol–water partition coefficient (Wildman–Crippen LogP) is 3.39. The SMILES string of the molecule is CC(C)c1ccc([C@](O)(c2cncc(C#C[C@@](C)(O)c3ccn(C)n3)c2)C2(C)CN(C)C2)cc1. The molecule has 0 bridgehead atoms. The van der Waals surface area contributed by atoms with Crippen molar-refractivity contribution < 1.29 is 10.2 Å². The third kappa shape index (κ3) is 4.27. The number of aliphatic hydroxyl groups is 2. The highest BCUT2D eigenvalue weighted by atomic mass is 16.3. The Morgan fingerprint density at radius 1 is 1.03 bits per heavy atom. The first-order valence-electron chi connectivity index (χ1n) is 11.7. The number of rotatable bonds is 5. The lowest BCUT2D eigenvalue weighted by Gasteiger charge is -2.55. The van der Waals surface area contributed by atoms with E-state index >= 15 is 0 Å². The third-order valence-electron chi connectivity index (χ3n) is 6.93. The molecule has 6 nitrogen and oxygen atoms in total. The Kier molecular flexibility index (Phi) is 6.15. The minimum atomic E-state index is -1.40. The summed E-state index contributed by atoms with van der Waals surface area (Å²) in [5, 5.41) is 27.4. The Labute approximate surface area is 202 Å². The first-order valence-corrected chi connectivity index (χ1v) is 11.7. The number of pyridine rings is 1. The van der Waals surface area contributed by atoms with E-state index in [0.29, 0.717) is 22.7 Å². The average Bonchev–Trinajstić information content (AvgIpc) is 3.24. The van der Waals surface area contributed by atoms with Crippen molar-refractivity contribution in [3.63, 3.8) is 0 Å². The standard InChI is InChI=1S/C28H34N4O2/c1-20(2)22-7-9-23(10-8-22)28(34,26(3)18-31(5)19-26)24-15-21(16-29-17-24)11-13-27(4,33)25-12-14-32(6)30-25/h7-10,12,14-17,20,33-34H,18-19H2,1-6H3/t27-,28+/m1/s1. The zero-order chi connectivity index (χ0) is 24.7. The van der Waals surface area contributed by atoms with E-state index < -0.39 is 11.2 Å². The van der Waals surface area contributed by atoms with Gasteiger partial charge in [-0.15, -0.1) is 0 Å². The highest BCUT2D eigenvalue weighted by Gasteiger charge is 2.55. The average molecular weight is 459 g/mol. The summed E-state index contributed by atoms with van der Waals surface area (Å²) in [4.78, 5) is 6.62. The maximum absolute atomic E-state index is 12.3. The van der Waals surface area contributed by atoms with Gasteiger partial charge in [0.1, 0.15) is 11.3 Å². The van der Waals surface area contributed by atoms with Gasteiger partial charge in [0.05, 0.1) is 0 Å². The number of aryl methyl sites for hydroxylation is 1. The van der Waals surface area contributed by atoms with E-state index in [1.165, 1.54) is 5.56 Å². The Morgan fingerprint density at radius 3 is 2.26 bits per heavy atom. The Bertz CT molecular complexity index is 1230. The fourth-order valence-corrected chi connectivity index (χ4v) is 4.99. The third-order valence-corrected chi connectivity index (χ3v) is 6.93. The van der Waals surface area contributed by atoms with Crippen LogP contribution in [0.25, 0.3) is 0 Å². The lowest BCUT2D eigenvalue weighted by molar-refractivity contribution is -0.127. The summed E-state index contributed by atoms with van der Waals surface area (Å²) in [5.74, 6) is 6.38. The second-order valence-corrected chi connectivity index (χ2v) is 10.4. The molecular formula is C28H34N4O2. The molecule has 0 spiro atoms. The highest BCUT2D eigenvalue weighted by molar-refractivity contribution is 5.45. The molecule has 6 heteroatoms. The van der Waals surface area contributed by atoms with Crippen LogP contribution in [0.15, 0.2) is 55.0 Å². The molecule has 2 atom stereocenters. The minimum absolute atomic E-state index is 0.381. The molecule has 0 radical (unpaired) electrons. The normalized spacial score (nSPS) is 19.0. The quantitative estimate of drug-likeness (QED) is 0.574. The van der Waals surface area contributed by atoms with Crippen LogP contribution in [-0.2, 0) is 18.2 Å². The number of benzene rings is 1. The monoisotopic (exact) mass is 458 g/mol. The van der Waals surface area contributed by atoms with Gasteiger partial charge in [-0.3, -0.25) is 9.67 Å². The molecule has 1 aliphatic rings. The molecule has 1 aliphatic heterocycles. The molecule has 1 saturated heterocycles. The van der Waals surface area contributed by atoms with Crippen LogP contribution in [0.1, 0.15) is 61.6 Å². The van der Waals surface area contributed by atoms with E-state index in [4.69, 9.17) is 0 Å². The summed E-state index contributed by atoms with van der Waals surface area (Å²) in [7, 11) is 3.86. The van der Waals surface area contributed by atoms with Gasteiger partial charge in [0.15, 0.2) is 5.60 Å². The fourth-order valence-electron chi connectivity index (χ4n) is 4.99. The summed E-state index contributed by atoms with van der Waals surface area (Å²) < 4.78 is 1.63. The number of likely N-dealkylation sites (tertiary alicyclic amines) is 1. The van der Waals surface area contributed by atoms with Crippen LogP contribution in [0.2, 0.25) is 0 Å². The van der Waals surface area contributed by atoms with Crippen molar-refractivity contribution >= 4 is 0 Å². The molecular weight excluding hydrogens is 424 g/mol. The molecule has 4 rings (SSSR count). The topological polar surface area (TPSA) is 74.4 Å². The first-order chi connectivity index (χ1) is 15.9. The van der Waals surface area contributed by atoms with Crippen molar-refractivity contribution in [2.75, 3.05) is 20.1 Å². The molecule has 3 aromatic rings. The summed E-state index contributed by atoms with van der Waals surface area (Å²) in [6, 6.07) is 11.9. The van der Waals surface area contributed by atoms with Gasteiger partial charge in [0.25, 0.3) is 0 Å². The molecule has 1 aromatic carbocycles. The molecule has 0 saturated carbocycles. The Morgan fingerprint density at radius 2 is 1.71 bits per heavy atom. The second-order valence-electron chi connectivity index (χ2n) is 10.4. The molecule has 34 heavy (non-hydrogen) atoms. The largest absolute Gasteiger partial charge is 0.380 e. The van der Waals surface area contributed by atoms with Crippen molar-refractivity contribution in [3.05, 3.63) is 82.9 Å². The molecule has 0 aliphatic carbocycles. The van der Waals surface area contributed by atoms with Crippen LogP contribution >= 0.6 is 0 Å². The maximum atomic E-state index is 12.3. The summed E-state index contributed by atoms with van der Waals surface area (Å²) in [6.07, 6.45) is 5.15. The van der Waals surface area contributed by atoms with Crippen molar-refractivity contribution in [1.29, 1.82) is 0 Å². The van der Waals surface area contributed by atoms with Gasteiger partial charge in [-0.25, -0.2) is 0 Å². The van der Waals surface area contributed by atoms with Crippen molar-refractivity contribution in [2.24, 2.45) is 12.5 Å². The van der Waals surface area contributed by atoms with E-state index in [2.05, 4.69) is 66.8 Å². The van der Waals surface area contributed by atoms with E-state index in [9.17, 15) is 10.2 Å². The van der Waals surface area contributed by atoms with Gasteiger partial charge >= 0.3 is 0 Å². The van der Waals surface area contributed by atoms with Crippen LogP contribution < -0.4 is 0 Å². The van der Waals surface area contributed by atoms with Crippen LogP contribution in [0.5, 0.6) is 0 Å². The molecule has 0 unspecified atom stereocenters. The number of aromatic nitrogens is 3. The number of nitrogens with zero attached hydrogens (tertiary/aromatic N) is 4. The van der Waals surface area contributed by atoms with Crippen LogP contribution in [0.4, 0.5) is 0 Å². The summed E-state index contributed by atoms with van der Waals surface area (Å²) >= 11 is 0. The Balaban J connectivity index is 1.75. The van der Waals surface area contributed by atoms with Gasteiger partial charge in [-0.2, -0.15) is 5.10 Å². The number of hydrogen-bond donors (Lipinski definition) is 2. The zero-order valence-corrected chi connectivity index (χ0v) is 20.9. The van der Waals surface area contributed by atoms with Gasteiger partial charge in [-0.1, -0.05) is 56.9 Å². The fraction of sp³-hybridized carbons (Fsp3) is 0.429. The van der Waals surface area contributed by atoms with Gasteiger partial charge < -0.3 is 15.1 Å². The lowest BCUT2D eigenvalue weighted by Crippen LogP contribution is -2.63. The zero-order valence-electron chi connectivity index (χ0n) is 20.9. The van der Waals surface area contributed by atoms with Crippen molar-refractivity contribution in [2.45, 2.75) is 44.8 Å². The highest BCUT2D eigenvalue weighted by Crippen LogP contribution is 2.50. The van der Waals surface area contributed by atoms with Gasteiger partial charge in [0, 0.05) is 55.3 Å². The first kappa shape index (κ1) is 24.2. The minimum Gasteiger partial charge on any atom is -0.380 e. The second kappa shape index (κ2) is 8.66. The molecule has 3 heterocycles. The van der Waals surface area contributed by atoms with Crippen LogP contribution in [0, 0.1) is 17.3 Å². The Hall–Kier alpha value is -2.98. The van der Waals surface area contributed by atoms with E-state index in [1.807, 2.05) is 18.2 Å². The predicted molar refractivity (Wildman–Crippen MR) is 133 cm³/mol. The van der Waals surface area contributed by atoms with Gasteiger partial charge in [-0.05, 0) is 43.1 Å². The van der Waals surface area contributed by atoms with E-state index in [1.54, 1.807) is 43.3 Å². The molecule has 2 N–H and O–H groups in total. The molecule has 1 fully saturated rings. The van der Waals surface area contributed by atoms with Crippen molar-refractivity contribution in [1.82, 2.24) is 19.7 Å². The van der Waals surface area contributed by atoms with Gasteiger partial charge in [0.2, 0.25) is 0 Å². The molecule has 0 amide bonds. The molecule has 2 aromatic heterocycles. The maximum Gasteiger partial charge on any atom is 0.167 e. The van der Waals surface area contributed by atoms with Crippen molar-refractivity contribution in [3.8, 4) is 11.8 Å². The smallest absolute Gasteiger partial charge is 0.167 e. The van der Waals surface area contributed by atoms with E-state index in [-0.39, 0.29) is 5.41 Å². The van der Waals surface area contributed by atoms with Crippen LogP contribution in [-0.4, -0.2) is 50.0 Å². The summed E-state index contributed by atoms with van der Waals surface area (Å²) in [5.41, 5.74) is 0.877. The number of hydrogen-bond acceptors (Lipinski definition) is 5.